The molecule has 168 valence electrons. The number of aliphatic hydroxyl groups is 1. The van der Waals surface area contributed by atoms with E-state index in [1.807, 2.05) is 13.8 Å². The van der Waals surface area contributed by atoms with E-state index in [2.05, 4.69) is 10.6 Å². The number of hydrogen-bond acceptors (Lipinski definition) is 7. The maximum absolute atomic E-state index is 12.8. The number of amides is 4. The number of likely N-dealkylation sites (N-methyl/N-ethyl adjacent to an activating group) is 1. The van der Waals surface area contributed by atoms with Crippen molar-refractivity contribution in [2.24, 2.45) is 11.8 Å². The van der Waals surface area contributed by atoms with Gasteiger partial charge in [0.1, 0.15) is 11.8 Å². The van der Waals surface area contributed by atoms with Crippen LogP contribution in [0.4, 0.5) is 4.79 Å². The summed E-state index contributed by atoms with van der Waals surface area (Å²) in [6.45, 7) is 5.33. The van der Waals surface area contributed by atoms with Gasteiger partial charge in [0.2, 0.25) is 5.91 Å². The summed E-state index contributed by atoms with van der Waals surface area (Å²) in [5.41, 5.74) is 0. The van der Waals surface area contributed by atoms with Crippen LogP contribution >= 0.6 is 11.8 Å². The quantitative estimate of drug-likeness (QED) is 0.212. The predicted molar refractivity (Wildman–Crippen MR) is 113 cm³/mol. The monoisotopic (exact) mass is 441 g/mol. The van der Waals surface area contributed by atoms with Gasteiger partial charge in [0, 0.05) is 17.7 Å². The number of rotatable bonds is 10. The molecule has 0 unspecified atom stereocenters. The Hall–Kier alpha value is -2.30. The van der Waals surface area contributed by atoms with Crippen LogP contribution in [-0.4, -0.2) is 63.3 Å². The summed E-state index contributed by atoms with van der Waals surface area (Å²) >= 11 is 1.37. The van der Waals surface area contributed by atoms with E-state index in [-0.39, 0.29) is 10.8 Å². The van der Waals surface area contributed by atoms with Crippen LogP contribution in [0.15, 0.2) is 29.2 Å². The minimum atomic E-state index is -1.31. The second-order valence-electron chi connectivity index (χ2n) is 7.41. The number of phenols is 1. The molecule has 3 atom stereocenters. The Kier molecular flexibility index (Phi) is 10.6. The van der Waals surface area contributed by atoms with Gasteiger partial charge in [-0.25, -0.2) is 4.79 Å². The van der Waals surface area contributed by atoms with Crippen molar-refractivity contribution in [3.8, 4) is 5.75 Å². The molecule has 0 bridgehead atoms. The van der Waals surface area contributed by atoms with E-state index < -0.39 is 35.9 Å². The smallest absolute Gasteiger partial charge is 0.349 e. The predicted octanol–water partition coefficient (Wildman–Crippen LogP) is 1.96. The normalized spacial score (nSPS) is 14.0. The molecular formula is C20H31N3O6S. The summed E-state index contributed by atoms with van der Waals surface area (Å²) in [5, 5.41) is 33.7. The maximum Gasteiger partial charge on any atom is 0.349 e. The number of imide groups is 1. The first kappa shape index (κ1) is 25.7. The zero-order chi connectivity index (χ0) is 22.8. The van der Waals surface area contributed by atoms with Gasteiger partial charge in [0.15, 0.2) is 0 Å². The number of urea groups is 1. The van der Waals surface area contributed by atoms with E-state index in [1.54, 1.807) is 12.1 Å². The fourth-order valence-electron chi connectivity index (χ4n) is 2.58. The fourth-order valence-corrected chi connectivity index (χ4v) is 3.61. The number of thioether (sulfide) groups is 1. The zero-order valence-corrected chi connectivity index (χ0v) is 18.5. The Bertz CT molecular complexity index is 711. The van der Waals surface area contributed by atoms with Crippen LogP contribution in [0, 0.1) is 11.8 Å². The van der Waals surface area contributed by atoms with Crippen molar-refractivity contribution in [2.45, 2.75) is 50.7 Å². The highest BCUT2D eigenvalue weighted by Crippen LogP contribution is 2.26. The first-order valence-electron chi connectivity index (χ1n) is 9.71. The standard InChI is InChI=1S/C20H31N3O6S/c1-12(2)5-6-14(11-30-16-9-7-15(25)8-10-16)19(27)23(29)20(28)22-17(13(3)24)18(26)21-4/h7-10,12-14,17,24-25,29H,5-6,11H2,1-4H3,(H,21,26)(H,22,28)/t13-,14-,17+/m1/s1. The zero-order valence-electron chi connectivity index (χ0n) is 17.7. The largest absolute Gasteiger partial charge is 0.508 e. The Morgan fingerprint density at radius 3 is 2.20 bits per heavy atom. The minimum Gasteiger partial charge on any atom is -0.508 e. The number of benzene rings is 1. The number of carbonyl (C=O) groups is 3. The number of nitrogens with one attached hydrogen (secondary N) is 2. The van der Waals surface area contributed by atoms with Crippen molar-refractivity contribution in [3.05, 3.63) is 24.3 Å². The van der Waals surface area contributed by atoms with Gasteiger partial charge in [0.05, 0.1) is 12.0 Å². The fraction of sp³-hybridized carbons (Fsp3) is 0.550. The topological polar surface area (TPSA) is 139 Å². The van der Waals surface area contributed by atoms with Gasteiger partial charge in [-0.1, -0.05) is 20.3 Å². The lowest BCUT2D eigenvalue weighted by Gasteiger charge is -2.25. The Morgan fingerprint density at radius 1 is 1.10 bits per heavy atom. The van der Waals surface area contributed by atoms with Crippen molar-refractivity contribution in [3.63, 3.8) is 0 Å². The summed E-state index contributed by atoms with van der Waals surface area (Å²) in [4.78, 5) is 37.7. The summed E-state index contributed by atoms with van der Waals surface area (Å²) in [7, 11) is 1.34. The van der Waals surface area contributed by atoms with Gasteiger partial charge >= 0.3 is 6.03 Å². The van der Waals surface area contributed by atoms with E-state index >= 15 is 0 Å². The number of aliphatic hydroxyl groups excluding tert-OH is 1. The first-order chi connectivity index (χ1) is 14.1. The Balaban J connectivity index is 2.85. The van der Waals surface area contributed by atoms with Crippen LogP contribution in [0.1, 0.15) is 33.6 Å². The van der Waals surface area contributed by atoms with Gasteiger partial charge in [-0.15, -0.1) is 16.8 Å². The molecule has 0 spiro atoms. The molecule has 0 aliphatic heterocycles. The molecule has 0 heterocycles. The molecule has 0 saturated heterocycles. The van der Waals surface area contributed by atoms with Crippen molar-refractivity contribution in [1.29, 1.82) is 0 Å². The van der Waals surface area contributed by atoms with Gasteiger partial charge in [0.25, 0.3) is 5.91 Å². The molecular weight excluding hydrogens is 410 g/mol. The van der Waals surface area contributed by atoms with Crippen LogP contribution in [0.5, 0.6) is 5.75 Å². The third-order valence-corrected chi connectivity index (χ3v) is 5.60. The SMILES string of the molecule is CNC(=O)[C@@H](NC(=O)N(O)C(=O)[C@H](CCC(C)C)CSc1ccc(O)cc1)[C@@H](C)O. The Labute approximate surface area is 180 Å². The number of carbonyl (C=O) groups excluding carboxylic acids is 3. The van der Waals surface area contributed by atoms with E-state index in [0.29, 0.717) is 18.1 Å². The molecule has 0 aliphatic rings. The van der Waals surface area contributed by atoms with Crippen molar-refractivity contribution < 1.29 is 29.8 Å². The summed E-state index contributed by atoms with van der Waals surface area (Å²) in [6, 6.07) is 4.00. The molecule has 1 aromatic rings. The molecule has 5 N–H and O–H groups in total. The van der Waals surface area contributed by atoms with E-state index in [0.717, 1.165) is 11.3 Å². The molecule has 4 amide bonds. The van der Waals surface area contributed by atoms with Gasteiger partial charge in [-0.3, -0.25) is 14.8 Å². The number of phenolic OH excluding ortho intramolecular Hbond substituents is 1. The third kappa shape index (κ3) is 8.21. The number of nitrogens with zero attached hydrogens (tertiary/aromatic N) is 1. The molecule has 0 radical (unpaired) electrons. The third-order valence-electron chi connectivity index (χ3n) is 4.42. The molecule has 30 heavy (non-hydrogen) atoms. The summed E-state index contributed by atoms with van der Waals surface area (Å²) in [5.74, 6) is -1.32. The van der Waals surface area contributed by atoms with Gasteiger partial charge in [-0.2, -0.15) is 0 Å². The molecule has 0 aromatic heterocycles. The first-order valence-corrected chi connectivity index (χ1v) is 10.7. The van der Waals surface area contributed by atoms with Crippen LogP contribution in [0.2, 0.25) is 0 Å². The lowest BCUT2D eigenvalue weighted by atomic mass is 9.98. The van der Waals surface area contributed by atoms with Crippen LogP contribution < -0.4 is 10.6 Å². The number of hydrogen-bond donors (Lipinski definition) is 5. The molecule has 0 saturated carbocycles. The second-order valence-corrected chi connectivity index (χ2v) is 8.50. The molecule has 10 heteroatoms. The van der Waals surface area contributed by atoms with Crippen LogP contribution in [-0.2, 0) is 9.59 Å². The highest BCUT2D eigenvalue weighted by atomic mass is 32.2. The molecule has 1 aromatic carbocycles. The van der Waals surface area contributed by atoms with E-state index in [9.17, 15) is 29.8 Å². The Morgan fingerprint density at radius 2 is 1.70 bits per heavy atom. The minimum absolute atomic E-state index is 0.0271. The van der Waals surface area contributed by atoms with Crippen LogP contribution in [0.25, 0.3) is 0 Å². The van der Waals surface area contributed by atoms with Crippen molar-refractivity contribution in [1.82, 2.24) is 15.7 Å². The van der Waals surface area contributed by atoms with E-state index in [1.165, 1.54) is 37.9 Å². The highest BCUT2D eigenvalue weighted by molar-refractivity contribution is 7.99. The number of aromatic hydroxyl groups is 1. The molecule has 0 aliphatic carbocycles. The highest BCUT2D eigenvalue weighted by Gasteiger charge is 2.32. The summed E-state index contributed by atoms with van der Waals surface area (Å²) in [6.07, 6.45) is -0.0447. The lowest BCUT2D eigenvalue weighted by molar-refractivity contribution is -0.157. The number of hydroxylamine groups is 2. The van der Waals surface area contributed by atoms with Crippen molar-refractivity contribution >= 4 is 29.6 Å². The molecule has 1 rings (SSSR count). The maximum atomic E-state index is 12.8. The second kappa shape index (κ2) is 12.4. The van der Waals surface area contributed by atoms with Crippen LogP contribution in [0.3, 0.4) is 0 Å². The van der Waals surface area contributed by atoms with Gasteiger partial charge < -0.3 is 20.8 Å². The average molecular weight is 442 g/mol. The average Bonchev–Trinajstić information content (AvgIpc) is 2.71. The molecule has 9 nitrogen and oxygen atoms in total. The van der Waals surface area contributed by atoms with Crippen molar-refractivity contribution in [2.75, 3.05) is 12.8 Å². The molecule has 0 fully saturated rings. The van der Waals surface area contributed by atoms with E-state index in [4.69, 9.17) is 0 Å². The lowest BCUT2D eigenvalue weighted by Crippen LogP contribution is -2.56. The summed E-state index contributed by atoms with van der Waals surface area (Å²) < 4.78 is 0. The van der Waals surface area contributed by atoms with Gasteiger partial charge in [-0.05, 0) is 43.5 Å².